The molecule has 0 spiro atoms. The molecule has 0 amide bonds. The van der Waals surface area contributed by atoms with Crippen molar-refractivity contribution in [3.8, 4) is 0 Å². The maximum atomic E-state index is 12.1. The smallest absolute Gasteiger partial charge is 0.395 e. The van der Waals surface area contributed by atoms with Gasteiger partial charge in [-0.25, -0.2) is 0 Å². The van der Waals surface area contributed by atoms with E-state index in [4.69, 9.17) is 5.11 Å². The number of rotatable bonds is 1. The lowest BCUT2D eigenvalue weighted by Gasteiger charge is -2.31. The molecular weight excluding hydrogens is 171 g/mol. The zero-order valence-corrected chi connectivity index (χ0v) is 6.56. The minimum absolute atomic E-state index is 0.125. The number of nitrogens with one attached hydrogen (secondary N) is 1. The highest BCUT2D eigenvalue weighted by Gasteiger charge is 2.41. The maximum Gasteiger partial charge on any atom is 0.403 e. The van der Waals surface area contributed by atoms with Crippen LogP contribution in [0.2, 0.25) is 0 Å². The fraction of sp³-hybridized carbons (Fsp3) is 1.00. The van der Waals surface area contributed by atoms with E-state index >= 15 is 0 Å². The summed E-state index contributed by atoms with van der Waals surface area (Å²) in [5.41, 5.74) is 0. The highest BCUT2D eigenvalue weighted by atomic mass is 19.4. The molecule has 0 aromatic carbocycles. The van der Waals surface area contributed by atoms with Crippen LogP contribution in [-0.4, -0.2) is 30.0 Å². The van der Waals surface area contributed by atoms with Gasteiger partial charge in [-0.2, -0.15) is 13.2 Å². The van der Waals surface area contributed by atoms with Gasteiger partial charge in [0.2, 0.25) is 0 Å². The number of piperidine rings is 1. The summed E-state index contributed by atoms with van der Waals surface area (Å²) < 4.78 is 36.3. The number of hydrogen-bond acceptors (Lipinski definition) is 2. The summed E-state index contributed by atoms with van der Waals surface area (Å²) in [5.74, 6) is 0. The lowest BCUT2D eigenvalue weighted by atomic mass is 9.99. The number of aliphatic hydroxyl groups is 1. The van der Waals surface area contributed by atoms with Crippen LogP contribution in [0.5, 0.6) is 0 Å². The molecule has 0 saturated carbocycles. The molecule has 0 radical (unpaired) electrons. The van der Waals surface area contributed by atoms with Gasteiger partial charge in [-0.05, 0) is 19.3 Å². The molecule has 0 aliphatic carbocycles. The molecule has 2 N–H and O–H groups in total. The summed E-state index contributed by atoms with van der Waals surface area (Å²) >= 11 is 0. The van der Waals surface area contributed by atoms with Gasteiger partial charge < -0.3 is 10.4 Å². The van der Waals surface area contributed by atoms with E-state index in [9.17, 15) is 13.2 Å². The molecule has 1 fully saturated rings. The van der Waals surface area contributed by atoms with E-state index in [-0.39, 0.29) is 19.1 Å². The van der Waals surface area contributed by atoms with Crippen LogP contribution in [0.25, 0.3) is 0 Å². The number of aliphatic hydroxyl groups excluding tert-OH is 1. The predicted molar refractivity (Wildman–Crippen MR) is 37.7 cm³/mol. The minimum Gasteiger partial charge on any atom is -0.395 e. The van der Waals surface area contributed by atoms with Crippen molar-refractivity contribution in [2.75, 3.05) is 6.61 Å². The van der Waals surface area contributed by atoms with Crippen LogP contribution in [0.3, 0.4) is 0 Å². The molecule has 12 heavy (non-hydrogen) atoms. The van der Waals surface area contributed by atoms with E-state index in [0.29, 0.717) is 12.8 Å². The van der Waals surface area contributed by atoms with Gasteiger partial charge in [-0.3, -0.25) is 0 Å². The Morgan fingerprint density at radius 2 is 2.00 bits per heavy atom. The molecular formula is C7H12F3NO. The van der Waals surface area contributed by atoms with Crippen molar-refractivity contribution in [2.45, 2.75) is 37.5 Å². The van der Waals surface area contributed by atoms with Crippen molar-refractivity contribution in [1.29, 1.82) is 0 Å². The molecule has 1 aliphatic heterocycles. The van der Waals surface area contributed by atoms with Crippen molar-refractivity contribution >= 4 is 0 Å². The maximum absolute atomic E-state index is 12.1. The highest BCUT2D eigenvalue weighted by Crippen LogP contribution is 2.27. The Morgan fingerprint density at radius 3 is 2.50 bits per heavy atom. The fourth-order valence-corrected chi connectivity index (χ4v) is 1.42. The first-order valence-corrected chi connectivity index (χ1v) is 3.97. The molecule has 72 valence electrons. The summed E-state index contributed by atoms with van der Waals surface area (Å²) in [6.45, 7) is -0.216. The molecule has 1 rings (SSSR count). The van der Waals surface area contributed by atoms with E-state index in [2.05, 4.69) is 5.32 Å². The number of hydrogen-bond donors (Lipinski definition) is 2. The van der Waals surface area contributed by atoms with E-state index in [1.54, 1.807) is 0 Å². The van der Waals surface area contributed by atoms with E-state index < -0.39 is 12.2 Å². The summed E-state index contributed by atoms with van der Waals surface area (Å²) in [7, 11) is 0. The molecule has 0 aromatic rings. The third-order valence-electron chi connectivity index (χ3n) is 2.10. The Labute approximate surface area is 68.8 Å². The van der Waals surface area contributed by atoms with Crippen molar-refractivity contribution in [3.63, 3.8) is 0 Å². The van der Waals surface area contributed by atoms with E-state index in [1.165, 1.54) is 0 Å². The standard InChI is InChI=1S/C7H12F3NO/c8-7(9,10)6-3-1-2-5(4-12)11-6/h5-6,11-12H,1-4H2/t5-,6-/m1/s1. The first-order chi connectivity index (χ1) is 5.54. The summed E-state index contributed by atoms with van der Waals surface area (Å²) in [6, 6.07) is -1.81. The van der Waals surface area contributed by atoms with E-state index in [1.807, 2.05) is 0 Å². The van der Waals surface area contributed by atoms with Crippen LogP contribution in [0.15, 0.2) is 0 Å². The van der Waals surface area contributed by atoms with E-state index in [0.717, 1.165) is 0 Å². The van der Waals surface area contributed by atoms with Crippen molar-refractivity contribution in [2.24, 2.45) is 0 Å². The Balaban J connectivity index is 2.46. The van der Waals surface area contributed by atoms with Crippen LogP contribution in [-0.2, 0) is 0 Å². The van der Waals surface area contributed by atoms with Gasteiger partial charge in [0, 0.05) is 6.04 Å². The SMILES string of the molecule is OC[C@H]1CCC[C@H](C(F)(F)F)N1. The van der Waals surface area contributed by atoms with Gasteiger partial charge in [0.05, 0.1) is 6.61 Å². The zero-order chi connectivity index (χ0) is 9.19. The monoisotopic (exact) mass is 183 g/mol. The summed E-state index contributed by atoms with van der Waals surface area (Å²) in [6.07, 6.45) is -2.89. The Bertz CT molecular complexity index is 148. The number of alkyl halides is 3. The Kier molecular flexibility index (Phi) is 2.95. The molecule has 1 aliphatic rings. The molecule has 0 aromatic heterocycles. The Hall–Kier alpha value is -0.290. The second-order valence-electron chi connectivity index (χ2n) is 3.07. The Morgan fingerprint density at radius 1 is 1.33 bits per heavy atom. The topological polar surface area (TPSA) is 32.3 Å². The summed E-state index contributed by atoms with van der Waals surface area (Å²) in [4.78, 5) is 0. The lowest BCUT2D eigenvalue weighted by Crippen LogP contribution is -2.51. The van der Waals surface area contributed by atoms with Crippen LogP contribution >= 0.6 is 0 Å². The van der Waals surface area contributed by atoms with Gasteiger partial charge >= 0.3 is 6.18 Å². The molecule has 1 saturated heterocycles. The number of halogens is 3. The average Bonchev–Trinajstić information content (AvgIpc) is 2.03. The van der Waals surface area contributed by atoms with Crippen molar-refractivity contribution < 1.29 is 18.3 Å². The van der Waals surface area contributed by atoms with Gasteiger partial charge in [0.1, 0.15) is 6.04 Å². The van der Waals surface area contributed by atoms with Crippen LogP contribution in [0.4, 0.5) is 13.2 Å². The molecule has 1 heterocycles. The fourth-order valence-electron chi connectivity index (χ4n) is 1.42. The largest absolute Gasteiger partial charge is 0.403 e. The molecule has 0 unspecified atom stereocenters. The van der Waals surface area contributed by atoms with Crippen LogP contribution in [0.1, 0.15) is 19.3 Å². The first kappa shape index (κ1) is 9.80. The van der Waals surface area contributed by atoms with Gasteiger partial charge in [-0.1, -0.05) is 0 Å². The third kappa shape index (κ3) is 2.35. The quantitative estimate of drug-likeness (QED) is 0.637. The zero-order valence-electron chi connectivity index (χ0n) is 6.56. The normalized spacial score (nSPS) is 32.0. The predicted octanol–water partition coefficient (Wildman–Crippen LogP) is 1.05. The molecule has 5 heteroatoms. The van der Waals surface area contributed by atoms with Crippen molar-refractivity contribution in [1.82, 2.24) is 5.32 Å². The minimum atomic E-state index is -4.17. The molecule has 2 nitrogen and oxygen atoms in total. The average molecular weight is 183 g/mol. The van der Waals surface area contributed by atoms with Crippen LogP contribution in [0, 0.1) is 0 Å². The van der Waals surface area contributed by atoms with Gasteiger partial charge in [-0.15, -0.1) is 0 Å². The molecule has 0 bridgehead atoms. The first-order valence-electron chi connectivity index (χ1n) is 3.97. The van der Waals surface area contributed by atoms with Crippen molar-refractivity contribution in [3.05, 3.63) is 0 Å². The summed E-state index contributed by atoms with van der Waals surface area (Å²) in [5, 5.41) is 11.0. The highest BCUT2D eigenvalue weighted by molar-refractivity contribution is 4.84. The third-order valence-corrected chi connectivity index (χ3v) is 2.10. The lowest BCUT2D eigenvalue weighted by molar-refractivity contribution is -0.163. The van der Waals surface area contributed by atoms with Gasteiger partial charge in [0.15, 0.2) is 0 Å². The molecule has 2 atom stereocenters. The van der Waals surface area contributed by atoms with Crippen LogP contribution < -0.4 is 5.32 Å². The second-order valence-corrected chi connectivity index (χ2v) is 3.07. The second kappa shape index (κ2) is 3.62. The van der Waals surface area contributed by atoms with Gasteiger partial charge in [0.25, 0.3) is 0 Å².